The van der Waals surface area contributed by atoms with Crippen molar-refractivity contribution in [3.8, 4) is 0 Å². The molecule has 0 radical (unpaired) electrons. The molecule has 1 aromatic carbocycles. The zero-order chi connectivity index (χ0) is 42.6. The molecule has 59 heavy (non-hydrogen) atoms. The zero-order valence-corrected chi connectivity index (χ0v) is 38.2. The molecule has 17 nitrogen and oxygen atoms in total. The summed E-state index contributed by atoms with van der Waals surface area (Å²) >= 11 is 0. The van der Waals surface area contributed by atoms with E-state index >= 15 is 0 Å². The molecule has 0 amide bonds. The summed E-state index contributed by atoms with van der Waals surface area (Å²) in [5.41, 5.74) is 14.4. The van der Waals surface area contributed by atoms with Gasteiger partial charge in [-0.05, 0) is 94.9 Å². The number of nitrogens with one attached hydrogen (secondary N) is 3. The van der Waals surface area contributed by atoms with Crippen LogP contribution in [0.15, 0.2) is 10.1 Å². The summed E-state index contributed by atoms with van der Waals surface area (Å²) in [6, 6.07) is 1.49. The molecule has 0 saturated carbocycles. The average Bonchev–Trinajstić information content (AvgIpc) is 4.02. The Labute approximate surface area is 349 Å². The second-order valence-electron chi connectivity index (χ2n) is 17.4. The molecule has 3 aromatic heterocycles. The standard InChI is InChI=1S/C14H22N6.C14H22N5.C13H21N6.CH4/c1-8(2)20-15-11-9(3)13-14(10(4)12(11)16-20)18(6)19(7)17(13)5;1-7(2)19-16-11-8(3)13-14(9(4)12(11)17-19)18(6)10(5)15-13;1-7(2)19-15-10-8(3)12-13(9(4)11(10)16-19)17(5)18(6)14-12;/h8H,1-7H3;7,10,14H,1-6H3,(H,16,17);7,13H,1-6H3,(H,15,16);1H4/q;2*+1;/p+1. The Morgan fingerprint density at radius 2 is 1.17 bits per heavy atom. The van der Waals surface area contributed by atoms with Crippen LogP contribution in [-0.4, -0.2) is 122 Å². The molecule has 320 valence electrons. The molecule has 17 heteroatoms. The third kappa shape index (κ3) is 6.74. The van der Waals surface area contributed by atoms with E-state index in [2.05, 4.69) is 171 Å². The van der Waals surface area contributed by atoms with Gasteiger partial charge in [-0.1, -0.05) is 7.43 Å². The smallest absolute Gasteiger partial charge is 0.254 e. The number of hydrazine groups is 3. The largest absolute Gasteiger partial charge is 0.289 e. The van der Waals surface area contributed by atoms with Gasteiger partial charge in [-0.3, -0.25) is 19.9 Å². The lowest BCUT2D eigenvalue weighted by atomic mass is 9.93. The summed E-state index contributed by atoms with van der Waals surface area (Å²) in [7, 11) is 12.4. The van der Waals surface area contributed by atoms with Crippen molar-refractivity contribution in [2.45, 2.75) is 134 Å². The van der Waals surface area contributed by atoms with Crippen LogP contribution in [0.25, 0.3) is 33.3 Å². The highest BCUT2D eigenvalue weighted by atomic mass is 15.9. The molecule has 3 N–H and O–H groups in total. The monoisotopic (exact) mass is 813 g/mol. The normalized spacial score (nSPS) is 21.4. The third-order valence-electron chi connectivity index (χ3n) is 12.7. The first-order valence-corrected chi connectivity index (χ1v) is 20.6. The number of hydrogen-bond acceptors (Lipinski definition) is 11. The number of aromatic nitrogens is 9. The van der Waals surface area contributed by atoms with Gasteiger partial charge in [-0.2, -0.15) is 15.2 Å². The molecule has 0 saturated heterocycles. The zero-order valence-electron chi connectivity index (χ0n) is 38.2. The third-order valence-corrected chi connectivity index (χ3v) is 12.7. The minimum atomic E-state index is 0. The molecule has 3 atom stereocenters. The summed E-state index contributed by atoms with van der Waals surface area (Å²) in [5.74, 6) is 0. The maximum atomic E-state index is 4.80. The van der Waals surface area contributed by atoms with Crippen molar-refractivity contribution in [1.82, 2.24) is 50.4 Å². The highest BCUT2D eigenvalue weighted by Gasteiger charge is 2.40. The lowest BCUT2D eigenvalue weighted by molar-refractivity contribution is -0.820. The van der Waals surface area contributed by atoms with Crippen LogP contribution in [0.3, 0.4) is 0 Å². The highest BCUT2D eigenvalue weighted by molar-refractivity contribution is 6.25. The summed E-state index contributed by atoms with van der Waals surface area (Å²) in [4.78, 5) is 12.9. The topological polar surface area (TPSA) is 141 Å². The Morgan fingerprint density at radius 3 is 1.68 bits per heavy atom. The first-order valence-electron chi connectivity index (χ1n) is 20.6. The number of H-pyrrole nitrogens is 3. The molecule has 0 bridgehead atoms. The molecule has 9 rings (SSSR count). The lowest BCUT2D eigenvalue weighted by Gasteiger charge is -2.27. The number of fused-ring (bicyclic) bond motifs is 6. The van der Waals surface area contributed by atoms with Gasteiger partial charge in [-0.25, -0.2) is 5.12 Å². The van der Waals surface area contributed by atoms with E-state index < -0.39 is 0 Å². The van der Waals surface area contributed by atoms with Crippen LogP contribution in [0, 0.1) is 13.8 Å². The van der Waals surface area contributed by atoms with Crippen molar-refractivity contribution in [2.24, 2.45) is 10.1 Å². The Hall–Kier alpha value is -5.00. The lowest BCUT2D eigenvalue weighted by Crippen LogP contribution is -2.47. The highest BCUT2D eigenvalue weighted by Crippen LogP contribution is 2.44. The molecule has 3 unspecified atom stereocenters. The van der Waals surface area contributed by atoms with Gasteiger partial charge in [0.15, 0.2) is 10.7 Å². The maximum Gasteiger partial charge on any atom is 0.254 e. The molecular weight excluding hydrogens is 743 g/mol. The predicted molar refractivity (Wildman–Crippen MR) is 236 cm³/mol. The Balaban J connectivity index is 0.000000148. The molecule has 0 fully saturated rings. The fourth-order valence-electron chi connectivity index (χ4n) is 8.74. The van der Waals surface area contributed by atoms with Crippen molar-refractivity contribution in [1.29, 1.82) is 0 Å². The second kappa shape index (κ2) is 15.6. The summed E-state index contributed by atoms with van der Waals surface area (Å²) in [5, 5.41) is 43.9. The molecule has 3 aliphatic heterocycles. The molecule has 6 heterocycles. The summed E-state index contributed by atoms with van der Waals surface area (Å²) < 4.78 is 0. The van der Waals surface area contributed by atoms with Gasteiger partial charge in [0, 0.05) is 101 Å². The van der Waals surface area contributed by atoms with Crippen molar-refractivity contribution in [3.05, 3.63) is 32.5 Å². The van der Waals surface area contributed by atoms with E-state index in [1.807, 2.05) is 26.6 Å². The fraction of sp³-hybridized carbons (Fsp3) is 0.619. The quantitative estimate of drug-likeness (QED) is 0.293. The number of nitrogens with zero attached hydrogens (tertiary/aromatic N) is 14. The number of rotatable bonds is 3. The summed E-state index contributed by atoms with van der Waals surface area (Å²) in [6.45, 7) is 27.8. The second-order valence-corrected chi connectivity index (χ2v) is 17.4. The number of hydrazone groups is 1. The van der Waals surface area contributed by atoms with E-state index in [-0.39, 0.29) is 25.7 Å². The van der Waals surface area contributed by atoms with Crippen molar-refractivity contribution in [2.75, 3.05) is 52.3 Å². The summed E-state index contributed by atoms with van der Waals surface area (Å²) in [6.07, 6.45) is 0.242. The van der Waals surface area contributed by atoms with Gasteiger partial charge < -0.3 is 0 Å². The Bertz CT molecular complexity index is 2450. The maximum absolute atomic E-state index is 4.80. The van der Waals surface area contributed by atoms with E-state index in [0.29, 0.717) is 18.1 Å². The SMILES string of the molecule is C.CC1=c2n[n+](C(C)C)[nH]c2=C(C)C2=NC(C)N(C)C21.CC1=c2n[n+](C(C)C)[nH]c2=C(C)C2=NN(C)N(C)C21.Cc1c2c(c(C)c3[nH+]n(C(C)C)nc13)N(C)N(C)N2C. The van der Waals surface area contributed by atoms with Crippen LogP contribution >= 0.6 is 0 Å². The number of aryl methyl sites for hydroxylation is 2. The predicted octanol–water partition coefficient (Wildman–Crippen LogP) is 1.22. The van der Waals surface area contributed by atoms with E-state index in [9.17, 15) is 0 Å². The van der Waals surface area contributed by atoms with Crippen molar-refractivity contribution >= 4 is 56.1 Å². The van der Waals surface area contributed by atoms with Gasteiger partial charge in [-0.15, -0.1) is 15.3 Å². The molecule has 2 aliphatic carbocycles. The average molecular weight is 813 g/mol. The fourth-order valence-corrected chi connectivity index (χ4v) is 8.74. The first kappa shape index (κ1) is 43.6. The Morgan fingerprint density at radius 1 is 0.678 bits per heavy atom. The van der Waals surface area contributed by atoms with Crippen LogP contribution in [0.1, 0.15) is 113 Å². The minimum absolute atomic E-state index is 0. The number of benzene rings is 1. The van der Waals surface area contributed by atoms with Gasteiger partial charge in [0.1, 0.15) is 16.7 Å². The molecular formula is C42H70N17+3. The van der Waals surface area contributed by atoms with Gasteiger partial charge in [0.25, 0.3) is 5.52 Å². The number of aromatic amines is 3. The van der Waals surface area contributed by atoms with Crippen molar-refractivity contribution in [3.63, 3.8) is 0 Å². The van der Waals surface area contributed by atoms with Gasteiger partial charge in [0.05, 0.1) is 41.0 Å². The molecule has 5 aliphatic rings. The number of anilines is 2. The van der Waals surface area contributed by atoms with E-state index in [0.717, 1.165) is 38.1 Å². The molecule has 4 aromatic rings. The minimum Gasteiger partial charge on any atom is -0.289 e. The van der Waals surface area contributed by atoms with Crippen molar-refractivity contribution < 1.29 is 14.7 Å². The Kier molecular flexibility index (Phi) is 11.5. The van der Waals surface area contributed by atoms with Crippen LogP contribution in [0.5, 0.6) is 0 Å². The number of aliphatic imine (C=N–C) groups is 1. The van der Waals surface area contributed by atoms with Crippen LogP contribution in [-0.2, 0) is 0 Å². The van der Waals surface area contributed by atoms with Gasteiger partial charge in [0.2, 0.25) is 17.6 Å². The van der Waals surface area contributed by atoms with Crippen LogP contribution < -0.4 is 46.1 Å². The van der Waals surface area contributed by atoms with E-state index in [1.54, 1.807) is 0 Å². The van der Waals surface area contributed by atoms with Crippen LogP contribution in [0.2, 0.25) is 0 Å². The first-order chi connectivity index (χ1) is 27.2. The van der Waals surface area contributed by atoms with Crippen LogP contribution in [0.4, 0.5) is 11.4 Å². The van der Waals surface area contributed by atoms with Gasteiger partial charge >= 0.3 is 0 Å². The molecule has 0 spiro atoms. The number of hydrogen-bond donors (Lipinski definition) is 2. The van der Waals surface area contributed by atoms with E-state index in [4.69, 9.17) is 20.3 Å². The van der Waals surface area contributed by atoms with E-state index in [1.165, 1.54) is 50.5 Å².